The summed E-state index contributed by atoms with van der Waals surface area (Å²) in [6.45, 7) is 0. The number of nitrogens with zero attached hydrogens (tertiary/aromatic N) is 3. The molecular formula is C23H24N4O2. The Labute approximate surface area is 169 Å². The highest BCUT2D eigenvalue weighted by Gasteiger charge is 2.28. The van der Waals surface area contributed by atoms with Gasteiger partial charge in [0.25, 0.3) is 11.5 Å². The summed E-state index contributed by atoms with van der Waals surface area (Å²) >= 11 is 0. The largest absolute Gasteiger partial charge is 0.348 e. The monoisotopic (exact) mass is 388 g/mol. The lowest BCUT2D eigenvalue weighted by Gasteiger charge is -2.29. The standard InChI is InChI=1S/C23H24N4O2/c28-22-14-13-20(16-5-6-16)26-27(22)18-10-8-17(9-11-18)24-23(29)21-12-7-15-3-1-2-4-19(15)25-21/h1-4,7,12-14,16-18H,5-6,8-11H2,(H,24,29). The number of benzene rings is 1. The fourth-order valence-corrected chi connectivity index (χ4v) is 4.22. The molecule has 5 rings (SSSR count). The summed E-state index contributed by atoms with van der Waals surface area (Å²) in [5.41, 5.74) is 2.29. The quantitative estimate of drug-likeness (QED) is 0.741. The van der Waals surface area contributed by atoms with Crippen molar-refractivity contribution in [2.75, 3.05) is 0 Å². The Kier molecular flexibility index (Phi) is 4.62. The van der Waals surface area contributed by atoms with Crippen molar-refractivity contribution in [3.63, 3.8) is 0 Å². The Morgan fingerprint density at radius 3 is 2.52 bits per heavy atom. The minimum atomic E-state index is -0.134. The lowest BCUT2D eigenvalue weighted by atomic mass is 9.91. The first-order valence-electron chi connectivity index (χ1n) is 10.4. The van der Waals surface area contributed by atoms with E-state index in [-0.39, 0.29) is 23.6 Å². The van der Waals surface area contributed by atoms with Crippen molar-refractivity contribution in [3.05, 3.63) is 70.3 Å². The number of fused-ring (bicyclic) bond motifs is 1. The normalized spacial score (nSPS) is 21.8. The maximum atomic E-state index is 12.6. The van der Waals surface area contributed by atoms with Gasteiger partial charge in [-0.05, 0) is 56.7 Å². The van der Waals surface area contributed by atoms with Crippen molar-refractivity contribution < 1.29 is 4.79 Å². The van der Waals surface area contributed by atoms with Gasteiger partial charge in [0.05, 0.1) is 17.3 Å². The zero-order chi connectivity index (χ0) is 19.8. The number of rotatable bonds is 4. The molecule has 0 aliphatic heterocycles. The highest BCUT2D eigenvalue weighted by atomic mass is 16.2. The molecule has 0 saturated heterocycles. The zero-order valence-electron chi connectivity index (χ0n) is 16.3. The van der Waals surface area contributed by atoms with E-state index < -0.39 is 0 Å². The molecule has 0 unspecified atom stereocenters. The fourth-order valence-electron chi connectivity index (χ4n) is 4.22. The van der Waals surface area contributed by atoms with Crippen molar-refractivity contribution in [2.45, 2.75) is 56.5 Å². The van der Waals surface area contributed by atoms with E-state index >= 15 is 0 Å². The van der Waals surface area contributed by atoms with E-state index in [1.165, 1.54) is 12.8 Å². The van der Waals surface area contributed by atoms with Crippen LogP contribution in [0.3, 0.4) is 0 Å². The molecule has 3 aromatic rings. The van der Waals surface area contributed by atoms with Gasteiger partial charge in [0.2, 0.25) is 0 Å². The van der Waals surface area contributed by atoms with E-state index in [2.05, 4.69) is 15.4 Å². The number of carbonyl (C=O) groups excluding carboxylic acids is 1. The highest BCUT2D eigenvalue weighted by molar-refractivity contribution is 5.95. The number of amides is 1. The molecule has 1 N–H and O–H groups in total. The number of carbonyl (C=O) groups is 1. The smallest absolute Gasteiger partial charge is 0.270 e. The summed E-state index contributed by atoms with van der Waals surface area (Å²) in [6.07, 6.45) is 5.71. The highest BCUT2D eigenvalue weighted by Crippen LogP contribution is 2.38. The first-order valence-corrected chi connectivity index (χ1v) is 10.4. The predicted octanol–water partition coefficient (Wildman–Crippen LogP) is 3.58. The van der Waals surface area contributed by atoms with Gasteiger partial charge in [-0.25, -0.2) is 9.67 Å². The maximum Gasteiger partial charge on any atom is 0.270 e. The van der Waals surface area contributed by atoms with Crippen molar-refractivity contribution in [3.8, 4) is 0 Å². The first-order chi connectivity index (χ1) is 14.2. The molecule has 1 aromatic carbocycles. The van der Waals surface area contributed by atoms with Crippen LogP contribution < -0.4 is 10.9 Å². The lowest BCUT2D eigenvalue weighted by Crippen LogP contribution is -2.40. The van der Waals surface area contributed by atoms with Crippen LogP contribution in [0.25, 0.3) is 10.9 Å². The zero-order valence-corrected chi connectivity index (χ0v) is 16.3. The molecule has 2 saturated carbocycles. The number of pyridine rings is 1. The minimum absolute atomic E-state index is 0.0257. The van der Waals surface area contributed by atoms with E-state index in [1.807, 2.05) is 36.4 Å². The third-order valence-electron chi connectivity index (χ3n) is 6.05. The van der Waals surface area contributed by atoms with Crippen LogP contribution in [0, 0.1) is 0 Å². The van der Waals surface area contributed by atoms with Crippen LogP contribution in [0.5, 0.6) is 0 Å². The summed E-state index contributed by atoms with van der Waals surface area (Å²) in [7, 11) is 0. The van der Waals surface area contributed by atoms with Gasteiger partial charge >= 0.3 is 0 Å². The van der Waals surface area contributed by atoms with Crippen LogP contribution in [0.1, 0.15) is 66.7 Å². The van der Waals surface area contributed by atoms with Crippen LogP contribution in [0.2, 0.25) is 0 Å². The van der Waals surface area contributed by atoms with E-state index in [9.17, 15) is 9.59 Å². The molecule has 6 heteroatoms. The van der Waals surface area contributed by atoms with Crippen molar-refractivity contribution in [2.24, 2.45) is 0 Å². The molecule has 2 heterocycles. The van der Waals surface area contributed by atoms with Crippen LogP contribution in [0.15, 0.2) is 53.3 Å². The van der Waals surface area contributed by atoms with Gasteiger partial charge in [0.1, 0.15) is 5.69 Å². The minimum Gasteiger partial charge on any atom is -0.348 e. The summed E-state index contributed by atoms with van der Waals surface area (Å²) in [6, 6.07) is 15.2. The molecule has 0 atom stereocenters. The number of nitrogens with one attached hydrogen (secondary N) is 1. The van der Waals surface area contributed by atoms with Crippen molar-refractivity contribution in [1.82, 2.24) is 20.1 Å². The molecule has 0 radical (unpaired) electrons. The lowest BCUT2D eigenvalue weighted by molar-refractivity contribution is 0.0916. The van der Waals surface area contributed by atoms with Gasteiger partial charge in [-0.1, -0.05) is 24.3 Å². The number of para-hydroxylation sites is 1. The second-order valence-corrected chi connectivity index (χ2v) is 8.18. The van der Waals surface area contributed by atoms with E-state index in [1.54, 1.807) is 16.8 Å². The molecule has 0 bridgehead atoms. The molecular weight excluding hydrogens is 364 g/mol. The Balaban J connectivity index is 1.23. The van der Waals surface area contributed by atoms with Crippen LogP contribution >= 0.6 is 0 Å². The maximum absolute atomic E-state index is 12.6. The van der Waals surface area contributed by atoms with Gasteiger partial charge in [-0.2, -0.15) is 5.10 Å². The van der Waals surface area contributed by atoms with Crippen molar-refractivity contribution >= 4 is 16.8 Å². The molecule has 148 valence electrons. The van der Waals surface area contributed by atoms with Gasteiger partial charge < -0.3 is 5.32 Å². The Morgan fingerprint density at radius 1 is 0.931 bits per heavy atom. The molecule has 2 aliphatic carbocycles. The van der Waals surface area contributed by atoms with Crippen molar-refractivity contribution in [1.29, 1.82) is 0 Å². The van der Waals surface area contributed by atoms with Gasteiger partial charge in [0.15, 0.2) is 0 Å². The third-order valence-corrected chi connectivity index (χ3v) is 6.05. The van der Waals surface area contributed by atoms with E-state index in [4.69, 9.17) is 0 Å². The van der Waals surface area contributed by atoms with E-state index in [0.29, 0.717) is 11.6 Å². The molecule has 2 aromatic heterocycles. The summed E-state index contributed by atoms with van der Waals surface area (Å²) < 4.78 is 1.68. The average Bonchev–Trinajstić information content (AvgIpc) is 3.60. The second kappa shape index (κ2) is 7.43. The molecule has 1 amide bonds. The SMILES string of the molecule is O=C(NC1CCC(n2nc(C3CC3)ccc2=O)CC1)c1ccc2ccccc2n1. The van der Waals surface area contributed by atoms with Crippen LogP contribution in [0.4, 0.5) is 0 Å². The predicted molar refractivity (Wildman–Crippen MR) is 111 cm³/mol. The van der Waals surface area contributed by atoms with Gasteiger partial charge in [-0.15, -0.1) is 0 Å². The molecule has 6 nitrogen and oxygen atoms in total. The number of hydrogen-bond acceptors (Lipinski definition) is 4. The Morgan fingerprint density at radius 2 is 1.72 bits per heavy atom. The Hall–Kier alpha value is -3.02. The van der Waals surface area contributed by atoms with E-state index in [0.717, 1.165) is 42.3 Å². The summed E-state index contributed by atoms with van der Waals surface area (Å²) in [5, 5.41) is 8.77. The Bertz CT molecular complexity index is 1110. The average molecular weight is 388 g/mol. The number of hydrogen-bond donors (Lipinski definition) is 1. The van der Waals surface area contributed by atoms with Crippen LogP contribution in [-0.2, 0) is 0 Å². The molecule has 2 fully saturated rings. The number of aromatic nitrogens is 3. The molecule has 0 spiro atoms. The summed E-state index contributed by atoms with van der Waals surface area (Å²) in [5.74, 6) is 0.400. The van der Waals surface area contributed by atoms with Crippen LogP contribution in [-0.4, -0.2) is 26.7 Å². The first kappa shape index (κ1) is 18.0. The second-order valence-electron chi connectivity index (χ2n) is 8.18. The topological polar surface area (TPSA) is 76.9 Å². The summed E-state index contributed by atoms with van der Waals surface area (Å²) in [4.78, 5) is 29.4. The third kappa shape index (κ3) is 3.79. The molecule has 29 heavy (non-hydrogen) atoms. The fraction of sp³-hybridized carbons (Fsp3) is 0.391. The van der Waals surface area contributed by atoms with Gasteiger partial charge in [0, 0.05) is 23.4 Å². The molecule has 2 aliphatic rings. The van der Waals surface area contributed by atoms with Gasteiger partial charge in [-0.3, -0.25) is 9.59 Å².